The van der Waals surface area contributed by atoms with E-state index in [0.29, 0.717) is 5.69 Å². The quantitative estimate of drug-likeness (QED) is 0.899. The highest BCUT2D eigenvalue weighted by atomic mass is 79.9. The summed E-state index contributed by atoms with van der Waals surface area (Å²) in [5.41, 5.74) is 3.49. The predicted octanol–water partition coefficient (Wildman–Crippen LogP) is 4.18. The molecule has 0 bridgehead atoms. The Hall–Kier alpha value is -1.33. The fourth-order valence-corrected chi connectivity index (χ4v) is 3.39. The van der Waals surface area contributed by atoms with Crippen molar-refractivity contribution in [1.82, 2.24) is 0 Å². The molecule has 1 N–H and O–H groups in total. The van der Waals surface area contributed by atoms with Crippen LogP contribution in [0.5, 0.6) is 0 Å². The summed E-state index contributed by atoms with van der Waals surface area (Å²) in [7, 11) is -3.55. The van der Waals surface area contributed by atoms with Crippen LogP contribution >= 0.6 is 15.9 Å². The van der Waals surface area contributed by atoms with Crippen LogP contribution in [0.1, 0.15) is 16.7 Å². The van der Waals surface area contributed by atoms with Crippen LogP contribution in [-0.4, -0.2) is 8.42 Å². The molecule has 0 amide bonds. The van der Waals surface area contributed by atoms with Crippen LogP contribution in [0.25, 0.3) is 0 Å². The SMILES string of the molecule is Cc1ccc(S(=O)(=O)Nc2cc(C)c(Br)cc2C)cc1. The van der Waals surface area contributed by atoms with Crippen LogP contribution in [-0.2, 0) is 10.0 Å². The Morgan fingerprint density at radius 1 is 0.950 bits per heavy atom. The largest absolute Gasteiger partial charge is 0.279 e. The number of rotatable bonds is 3. The average molecular weight is 354 g/mol. The van der Waals surface area contributed by atoms with Gasteiger partial charge in [0.2, 0.25) is 0 Å². The maximum atomic E-state index is 12.3. The van der Waals surface area contributed by atoms with Crippen LogP contribution in [0, 0.1) is 20.8 Å². The van der Waals surface area contributed by atoms with Crippen molar-refractivity contribution in [3.8, 4) is 0 Å². The standard InChI is InChI=1S/C15H16BrNO2S/c1-10-4-6-13(7-5-10)20(18,19)17-15-9-11(2)14(16)8-12(15)3/h4-9,17H,1-3H3. The zero-order valence-electron chi connectivity index (χ0n) is 11.6. The second-order valence-corrected chi connectivity index (χ2v) is 7.37. The monoisotopic (exact) mass is 353 g/mol. The van der Waals surface area contributed by atoms with Crippen molar-refractivity contribution in [2.45, 2.75) is 25.7 Å². The molecule has 2 rings (SSSR count). The van der Waals surface area contributed by atoms with Gasteiger partial charge < -0.3 is 0 Å². The highest BCUT2D eigenvalue weighted by molar-refractivity contribution is 9.10. The lowest BCUT2D eigenvalue weighted by Gasteiger charge is -2.12. The van der Waals surface area contributed by atoms with Crippen LogP contribution < -0.4 is 4.72 Å². The van der Waals surface area contributed by atoms with E-state index >= 15 is 0 Å². The molecule has 0 spiro atoms. The molecule has 3 nitrogen and oxygen atoms in total. The van der Waals surface area contributed by atoms with Gasteiger partial charge in [-0.1, -0.05) is 33.6 Å². The molecular weight excluding hydrogens is 338 g/mol. The van der Waals surface area contributed by atoms with E-state index in [1.54, 1.807) is 24.3 Å². The van der Waals surface area contributed by atoms with Gasteiger partial charge in [0.25, 0.3) is 10.0 Å². The number of hydrogen-bond donors (Lipinski definition) is 1. The first-order valence-corrected chi connectivity index (χ1v) is 8.43. The van der Waals surface area contributed by atoms with E-state index in [9.17, 15) is 8.42 Å². The number of hydrogen-bond acceptors (Lipinski definition) is 2. The molecule has 0 heterocycles. The predicted molar refractivity (Wildman–Crippen MR) is 85.6 cm³/mol. The highest BCUT2D eigenvalue weighted by Crippen LogP contribution is 2.26. The third-order valence-electron chi connectivity index (χ3n) is 3.08. The van der Waals surface area contributed by atoms with Crippen molar-refractivity contribution in [2.24, 2.45) is 0 Å². The van der Waals surface area contributed by atoms with Gasteiger partial charge in [-0.25, -0.2) is 8.42 Å². The third kappa shape index (κ3) is 3.22. The van der Waals surface area contributed by atoms with E-state index in [2.05, 4.69) is 20.7 Å². The molecule has 0 saturated heterocycles. The Kier molecular flexibility index (Phi) is 4.20. The van der Waals surface area contributed by atoms with Gasteiger partial charge in [-0.2, -0.15) is 0 Å². The van der Waals surface area contributed by atoms with Gasteiger partial charge in [-0.3, -0.25) is 4.72 Å². The van der Waals surface area contributed by atoms with E-state index < -0.39 is 10.0 Å². The zero-order chi connectivity index (χ0) is 14.9. The van der Waals surface area contributed by atoms with Crippen LogP contribution in [0.4, 0.5) is 5.69 Å². The summed E-state index contributed by atoms with van der Waals surface area (Å²) >= 11 is 3.44. The Labute approximate surface area is 128 Å². The van der Waals surface area contributed by atoms with Crippen LogP contribution in [0.3, 0.4) is 0 Å². The summed E-state index contributed by atoms with van der Waals surface area (Å²) in [6.07, 6.45) is 0. The molecule has 5 heteroatoms. The minimum absolute atomic E-state index is 0.267. The highest BCUT2D eigenvalue weighted by Gasteiger charge is 2.15. The van der Waals surface area contributed by atoms with Crippen LogP contribution in [0.2, 0.25) is 0 Å². The van der Waals surface area contributed by atoms with Crippen molar-refractivity contribution in [3.05, 3.63) is 57.6 Å². The molecule has 0 aliphatic carbocycles. The minimum Gasteiger partial charge on any atom is -0.279 e. The molecular formula is C15H16BrNO2S. The van der Waals surface area contributed by atoms with Gasteiger partial charge in [-0.05, 0) is 56.2 Å². The van der Waals surface area contributed by atoms with Gasteiger partial charge >= 0.3 is 0 Å². The smallest absolute Gasteiger partial charge is 0.261 e. The summed E-state index contributed by atoms with van der Waals surface area (Å²) in [5, 5.41) is 0. The van der Waals surface area contributed by atoms with Gasteiger partial charge in [-0.15, -0.1) is 0 Å². The fraction of sp³-hybridized carbons (Fsp3) is 0.200. The Morgan fingerprint density at radius 2 is 1.55 bits per heavy atom. The summed E-state index contributed by atoms with van der Waals surface area (Å²) < 4.78 is 28.3. The summed E-state index contributed by atoms with van der Waals surface area (Å²) in [6, 6.07) is 10.5. The maximum Gasteiger partial charge on any atom is 0.261 e. The molecule has 2 aromatic carbocycles. The molecule has 106 valence electrons. The normalized spacial score (nSPS) is 11.4. The number of anilines is 1. The first kappa shape index (κ1) is 15.1. The molecule has 0 saturated carbocycles. The molecule has 20 heavy (non-hydrogen) atoms. The van der Waals surface area contributed by atoms with Crippen molar-refractivity contribution in [3.63, 3.8) is 0 Å². The first-order chi connectivity index (χ1) is 9.29. The summed E-state index contributed by atoms with van der Waals surface area (Å²) in [4.78, 5) is 0.267. The Bertz CT molecular complexity index is 737. The molecule has 0 radical (unpaired) electrons. The van der Waals surface area contributed by atoms with Gasteiger partial charge in [0, 0.05) is 4.47 Å². The number of sulfonamides is 1. The van der Waals surface area contributed by atoms with Gasteiger partial charge in [0.05, 0.1) is 10.6 Å². The number of halogens is 1. The second-order valence-electron chi connectivity index (χ2n) is 4.83. The van der Waals surface area contributed by atoms with E-state index in [4.69, 9.17) is 0 Å². The molecule has 2 aromatic rings. The zero-order valence-corrected chi connectivity index (χ0v) is 14.0. The second kappa shape index (κ2) is 5.58. The molecule has 0 unspecified atom stereocenters. The minimum atomic E-state index is -3.55. The lowest BCUT2D eigenvalue weighted by Crippen LogP contribution is -2.14. The fourth-order valence-electron chi connectivity index (χ4n) is 1.81. The van der Waals surface area contributed by atoms with E-state index in [1.165, 1.54) is 0 Å². The van der Waals surface area contributed by atoms with Gasteiger partial charge in [0.15, 0.2) is 0 Å². The van der Waals surface area contributed by atoms with Crippen molar-refractivity contribution in [2.75, 3.05) is 4.72 Å². The van der Waals surface area contributed by atoms with E-state index in [-0.39, 0.29) is 4.90 Å². The summed E-state index contributed by atoms with van der Waals surface area (Å²) in [6.45, 7) is 5.72. The lowest BCUT2D eigenvalue weighted by molar-refractivity contribution is 0.601. The van der Waals surface area contributed by atoms with Crippen molar-refractivity contribution < 1.29 is 8.42 Å². The molecule has 0 fully saturated rings. The van der Waals surface area contributed by atoms with Crippen molar-refractivity contribution in [1.29, 1.82) is 0 Å². The molecule has 0 aliphatic heterocycles. The average Bonchev–Trinajstić information content (AvgIpc) is 2.36. The van der Waals surface area contributed by atoms with Crippen LogP contribution in [0.15, 0.2) is 45.8 Å². The number of benzene rings is 2. The Morgan fingerprint density at radius 3 is 2.15 bits per heavy atom. The topological polar surface area (TPSA) is 46.2 Å². The third-order valence-corrected chi connectivity index (χ3v) is 5.32. The molecule has 0 aliphatic rings. The van der Waals surface area contributed by atoms with E-state index in [0.717, 1.165) is 21.2 Å². The number of aryl methyl sites for hydroxylation is 3. The van der Waals surface area contributed by atoms with E-state index in [1.807, 2.05) is 32.9 Å². The Balaban J connectivity index is 2.38. The van der Waals surface area contributed by atoms with Gasteiger partial charge in [0.1, 0.15) is 0 Å². The number of nitrogens with one attached hydrogen (secondary N) is 1. The summed E-state index contributed by atoms with van der Waals surface area (Å²) in [5.74, 6) is 0. The lowest BCUT2D eigenvalue weighted by atomic mass is 10.1. The molecule has 0 atom stereocenters. The van der Waals surface area contributed by atoms with Crippen molar-refractivity contribution >= 4 is 31.6 Å². The first-order valence-electron chi connectivity index (χ1n) is 6.16. The molecule has 0 aromatic heterocycles. The maximum absolute atomic E-state index is 12.3.